The van der Waals surface area contributed by atoms with Crippen LogP contribution in [0.5, 0.6) is 0 Å². The van der Waals surface area contributed by atoms with Crippen molar-refractivity contribution in [3.8, 4) is 0 Å². The molecule has 1 aromatic carbocycles. The van der Waals surface area contributed by atoms with Crippen LogP contribution in [0.25, 0.3) is 0 Å². The molecule has 2 aliphatic rings. The molecule has 2 fully saturated rings. The molecule has 0 amide bonds. The lowest BCUT2D eigenvalue weighted by Gasteiger charge is -2.17. The van der Waals surface area contributed by atoms with Gasteiger partial charge in [-0.05, 0) is 36.1 Å². The summed E-state index contributed by atoms with van der Waals surface area (Å²) in [4.78, 5) is 2.60. The smallest absolute Gasteiger partial charge is 0.0713 e. The van der Waals surface area contributed by atoms with Crippen LogP contribution >= 0.6 is 0 Å². The van der Waals surface area contributed by atoms with E-state index in [1.165, 1.54) is 37.3 Å². The van der Waals surface area contributed by atoms with Gasteiger partial charge in [-0.2, -0.15) is 0 Å². The van der Waals surface area contributed by atoms with Gasteiger partial charge in [-0.3, -0.25) is 4.90 Å². The lowest BCUT2D eigenvalue weighted by molar-refractivity contribution is 0.184. The molecule has 0 aromatic heterocycles. The van der Waals surface area contributed by atoms with Crippen LogP contribution in [0, 0.1) is 11.8 Å². The van der Waals surface area contributed by atoms with Crippen LogP contribution in [0.1, 0.15) is 11.1 Å². The topological polar surface area (TPSA) is 24.5 Å². The minimum Gasteiger partial charge on any atom is -0.380 e. The monoisotopic (exact) mass is 246 g/mol. The van der Waals surface area contributed by atoms with E-state index in [1.807, 2.05) is 0 Å². The molecule has 3 rings (SSSR count). The van der Waals surface area contributed by atoms with E-state index in [1.54, 1.807) is 7.11 Å². The summed E-state index contributed by atoms with van der Waals surface area (Å²) in [7, 11) is 1.75. The highest BCUT2D eigenvalue weighted by molar-refractivity contribution is 5.23. The van der Waals surface area contributed by atoms with Gasteiger partial charge in [-0.1, -0.05) is 24.3 Å². The average molecular weight is 246 g/mol. The van der Waals surface area contributed by atoms with E-state index in [4.69, 9.17) is 4.74 Å². The summed E-state index contributed by atoms with van der Waals surface area (Å²) >= 11 is 0. The number of rotatable bonds is 4. The van der Waals surface area contributed by atoms with Crippen molar-refractivity contribution in [3.63, 3.8) is 0 Å². The Morgan fingerprint density at radius 1 is 1.22 bits per heavy atom. The van der Waals surface area contributed by atoms with E-state index >= 15 is 0 Å². The number of hydrogen-bond donors (Lipinski definition) is 1. The maximum absolute atomic E-state index is 5.19. The molecular formula is C15H22N2O. The van der Waals surface area contributed by atoms with Crippen LogP contribution in [-0.4, -0.2) is 38.2 Å². The normalized spacial score (nSPS) is 27.6. The molecule has 18 heavy (non-hydrogen) atoms. The maximum atomic E-state index is 5.19. The largest absolute Gasteiger partial charge is 0.380 e. The summed E-state index contributed by atoms with van der Waals surface area (Å²) in [6.45, 7) is 6.74. The third kappa shape index (κ3) is 2.58. The molecular weight excluding hydrogens is 224 g/mol. The summed E-state index contributed by atoms with van der Waals surface area (Å²) in [5.74, 6) is 1.76. The van der Waals surface area contributed by atoms with Crippen LogP contribution in [0.3, 0.4) is 0 Å². The molecule has 0 radical (unpaired) electrons. The number of benzene rings is 1. The third-order valence-corrected chi connectivity index (χ3v) is 4.17. The zero-order valence-corrected chi connectivity index (χ0v) is 11.1. The lowest BCUT2D eigenvalue weighted by Crippen LogP contribution is -2.25. The van der Waals surface area contributed by atoms with Gasteiger partial charge in [-0.15, -0.1) is 0 Å². The Labute approximate surface area is 109 Å². The molecule has 0 saturated carbocycles. The summed E-state index contributed by atoms with van der Waals surface area (Å²) in [5, 5.41) is 3.49. The van der Waals surface area contributed by atoms with Crippen LogP contribution < -0.4 is 5.32 Å². The first-order chi connectivity index (χ1) is 8.85. The molecule has 0 bridgehead atoms. The zero-order valence-electron chi connectivity index (χ0n) is 11.1. The maximum Gasteiger partial charge on any atom is 0.0713 e. The highest BCUT2D eigenvalue weighted by Gasteiger charge is 2.35. The molecule has 2 aliphatic heterocycles. The fraction of sp³-hybridized carbons (Fsp3) is 0.600. The van der Waals surface area contributed by atoms with Crippen molar-refractivity contribution < 1.29 is 4.74 Å². The summed E-state index contributed by atoms with van der Waals surface area (Å²) in [6, 6.07) is 8.78. The number of likely N-dealkylation sites (tertiary alicyclic amines) is 1. The molecule has 0 spiro atoms. The Hall–Kier alpha value is -0.900. The second-order valence-corrected chi connectivity index (χ2v) is 5.63. The van der Waals surface area contributed by atoms with E-state index in [2.05, 4.69) is 34.5 Å². The van der Waals surface area contributed by atoms with E-state index in [9.17, 15) is 0 Å². The molecule has 2 heterocycles. The van der Waals surface area contributed by atoms with Crippen LogP contribution in [0.15, 0.2) is 24.3 Å². The van der Waals surface area contributed by atoms with Crippen LogP contribution in [-0.2, 0) is 17.9 Å². The van der Waals surface area contributed by atoms with Crippen molar-refractivity contribution >= 4 is 0 Å². The number of nitrogens with zero attached hydrogens (tertiary/aromatic N) is 1. The van der Waals surface area contributed by atoms with Crippen molar-refractivity contribution in [1.82, 2.24) is 10.2 Å². The van der Waals surface area contributed by atoms with Crippen molar-refractivity contribution in [3.05, 3.63) is 35.4 Å². The Morgan fingerprint density at radius 2 is 1.94 bits per heavy atom. The van der Waals surface area contributed by atoms with Crippen molar-refractivity contribution in [1.29, 1.82) is 0 Å². The second-order valence-electron chi connectivity index (χ2n) is 5.63. The highest BCUT2D eigenvalue weighted by atomic mass is 16.5. The Bertz CT molecular complexity index is 395. The van der Waals surface area contributed by atoms with Crippen molar-refractivity contribution in [2.24, 2.45) is 11.8 Å². The number of methoxy groups -OCH3 is 1. The molecule has 98 valence electrons. The standard InChI is InChI=1S/C15H22N2O/c1-18-11-13-4-2-3-12(5-13)8-17-9-14-6-16-7-15(14)10-17/h2-5,14-16H,6-11H2,1H3. The molecule has 3 nitrogen and oxygen atoms in total. The van der Waals surface area contributed by atoms with Gasteiger partial charge in [0.05, 0.1) is 6.61 Å². The van der Waals surface area contributed by atoms with Crippen LogP contribution in [0.4, 0.5) is 0 Å². The Kier molecular flexibility index (Phi) is 3.64. The predicted molar refractivity (Wildman–Crippen MR) is 72.3 cm³/mol. The van der Waals surface area contributed by atoms with E-state index < -0.39 is 0 Å². The van der Waals surface area contributed by atoms with Crippen LogP contribution in [0.2, 0.25) is 0 Å². The second kappa shape index (κ2) is 5.39. The highest BCUT2D eigenvalue weighted by Crippen LogP contribution is 2.27. The predicted octanol–water partition coefficient (Wildman–Crippen LogP) is 1.48. The van der Waals surface area contributed by atoms with Gasteiger partial charge >= 0.3 is 0 Å². The summed E-state index contributed by atoms with van der Waals surface area (Å²) in [6.07, 6.45) is 0. The molecule has 2 saturated heterocycles. The Morgan fingerprint density at radius 3 is 2.67 bits per heavy atom. The first-order valence-corrected chi connectivity index (χ1v) is 6.85. The molecule has 3 heteroatoms. The number of ether oxygens (including phenoxy) is 1. The molecule has 2 unspecified atom stereocenters. The first-order valence-electron chi connectivity index (χ1n) is 6.85. The molecule has 0 aliphatic carbocycles. The Balaban J connectivity index is 1.61. The van der Waals surface area contributed by atoms with Gasteiger partial charge in [0.15, 0.2) is 0 Å². The fourth-order valence-electron chi connectivity index (χ4n) is 3.32. The quantitative estimate of drug-likeness (QED) is 0.871. The molecule has 1 N–H and O–H groups in total. The van der Waals surface area contributed by atoms with Gasteiger partial charge in [0.2, 0.25) is 0 Å². The minimum absolute atomic E-state index is 0.711. The van der Waals surface area contributed by atoms with Gasteiger partial charge in [0.1, 0.15) is 0 Å². The minimum atomic E-state index is 0.711. The van der Waals surface area contributed by atoms with E-state index in [-0.39, 0.29) is 0 Å². The number of hydrogen-bond acceptors (Lipinski definition) is 3. The number of nitrogens with one attached hydrogen (secondary N) is 1. The third-order valence-electron chi connectivity index (χ3n) is 4.17. The van der Waals surface area contributed by atoms with Gasteiger partial charge in [-0.25, -0.2) is 0 Å². The van der Waals surface area contributed by atoms with E-state index in [0.717, 1.165) is 18.4 Å². The van der Waals surface area contributed by atoms with Crippen molar-refractivity contribution in [2.75, 3.05) is 33.3 Å². The SMILES string of the molecule is COCc1cccc(CN2CC3CNCC3C2)c1. The molecule has 1 aromatic rings. The summed E-state index contributed by atoms with van der Waals surface area (Å²) in [5.41, 5.74) is 2.69. The number of fused-ring (bicyclic) bond motifs is 1. The molecule has 2 atom stereocenters. The van der Waals surface area contributed by atoms with Gasteiger partial charge < -0.3 is 10.1 Å². The zero-order chi connectivity index (χ0) is 12.4. The first kappa shape index (κ1) is 12.2. The average Bonchev–Trinajstić information content (AvgIpc) is 2.90. The summed E-state index contributed by atoms with van der Waals surface area (Å²) < 4.78 is 5.19. The lowest BCUT2D eigenvalue weighted by atomic mass is 10.0. The van der Waals surface area contributed by atoms with Gasteiger partial charge in [0.25, 0.3) is 0 Å². The fourth-order valence-corrected chi connectivity index (χ4v) is 3.32. The van der Waals surface area contributed by atoms with Crippen molar-refractivity contribution in [2.45, 2.75) is 13.2 Å². The van der Waals surface area contributed by atoms with Gasteiger partial charge in [0, 0.05) is 26.7 Å². The van der Waals surface area contributed by atoms with E-state index in [0.29, 0.717) is 6.61 Å².